The van der Waals surface area contributed by atoms with E-state index in [9.17, 15) is 4.39 Å². The number of benzene rings is 2. The molecule has 0 unspecified atom stereocenters. The van der Waals surface area contributed by atoms with Crippen LogP contribution in [0.2, 0.25) is 0 Å². The average molecular weight is 284 g/mol. The fourth-order valence-corrected chi connectivity index (χ4v) is 1.94. The molecule has 108 valence electrons. The van der Waals surface area contributed by atoms with Crippen LogP contribution in [0.3, 0.4) is 0 Å². The van der Waals surface area contributed by atoms with E-state index in [1.807, 2.05) is 30.3 Å². The van der Waals surface area contributed by atoms with Crippen LogP contribution in [-0.4, -0.2) is 6.54 Å². The Hall–Kier alpha value is -2.38. The van der Waals surface area contributed by atoms with Crippen molar-refractivity contribution in [3.8, 4) is 11.8 Å². The van der Waals surface area contributed by atoms with Crippen LogP contribution in [0.25, 0.3) is 0 Å². The first-order valence-corrected chi connectivity index (χ1v) is 6.83. The summed E-state index contributed by atoms with van der Waals surface area (Å²) in [5.41, 5.74) is 2.12. The van der Waals surface area contributed by atoms with Crippen molar-refractivity contribution in [2.75, 3.05) is 6.54 Å². The van der Waals surface area contributed by atoms with Crippen LogP contribution in [0.15, 0.2) is 42.5 Å². The summed E-state index contributed by atoms with van der Waals surface area (Å²) in [4.78, 5) is 0. The summed E-state index contributed by atoms with van der Waals surface area (Å²) in [6.45, 7) is 4.05. The number of halogens is 1. The van der Waals surface area contributed by atoms with Crippen molar-refractivity contribution in [2.24, 2.45) is 0 Å². The van der Waals surface area contributed by atoms with Crippen molar-refractivity contribution in [1.82, 2.24) is 5.32 Å². The molecule has 21 heavy (non-hydrogen) atoms. The Bertz CT molecular complexity index is 632. The zero-order chi connectivity index (χ0) is 15.1. The van der Waals surface area contributed by atoms with Gasteiger partial charge in [0.05, 0.1) is 11.6 Å². The van der Waals surface area contributed by atoms with Gasteiger partial charge >= 0.3 is 0 Å². The fraction of sp³-hybridized carbons (Fsp3) is 0.235. The molecule has 0 spiro atoms. The molecule has 2 rings (SSSR count). The highest BCUT2D eigenvalue weighted by Gasteiger charge is 2.02. The van der Waals surface area contributed by atoms with E-state index < -0.39 is 5.82 Å². The standard InChI is InChI=1S/C17H17FN2O/c1-2-20-11-13-3-5-17(6-4-13)21-12-15-7-14(10-19)8-16(18)9-15/h3-9,20H,2,11-12H2,1H3. The van der Waals surface area contributed by atoms with Crippen LogP contribution in [0.5, 0.6) is 5.75 Å². The van der Waals surface area contributed by atoms with E-state index in [2.05, 4.69) is 12.2 Å². The maximum Gasteiger partial charge on any atom is 0.124 e. The smallest absolute Gasteiger partial charge is 0.124 e. The number of ether oxygens (including phenoxy) is 1. The topological polar surface area (TPSA) is 45.0 Å². The van der Waals surface area contributed by atoms with Gasteiger partial charge in [-0.2, -0.15) is 5.26 Å². The first kappa shape index (κ1) is 15.0. The van der Waals surface area contributed by atoms with Gasteiger partial charge in [0.2, 0.25) is 0 Å². The van der Waals surface area contributed by atoms with Crippen LogP contribution in [0.4, 0.5) is 4.39 Å². The number of nitrogens with one attached hydrogen (secondary N) is 1. The van der Waals surface area contributed by atoms with E-state index >= 15 is 0 Å². The Morgan fingerprint density at radius 3 is 2.57 bits per heavy atom. The molecule has 0 bridgehead atoms. The molecular weight excluding hydrogens is 267 g/mol. The number of nitrogens with zero attached hydrogens (tertiary/aromatic N) is 1. The maximum absolute atomic E-state index is 13.3. The third-order valence-corrected chi connectivity index (χ3v) is 2.99. The lowest BCUT2D eigenvalue weighted by Gasteiger charge is -2.08. The van der Waals surface area contributed by atoms with Crippen molar-refractivity contribution in [2.45, 2.75) is 20.1 Å². The normalized spacial score (nSPS) is 10.1. The minimum Gasteiger partial charge on any atom is -0.489 e. The van der Waals surface area contributed by atoms with Gasteiger partial charge in [-0.15, -0.1) is 0 Å². The minimum atomic E-state index is -0.423. The molecule has 0 aromatic heterocycles. The second kappa shape index (κ2) is 7.41. The molecular formula is C17H17FN2O. The van der Waals surface area contributed by atoms with Gasteiger partial charge in [0, 0.05) is 6.54 Å². The van der Waals surface area contributed by atoms with Gasteiger partial charge in [0.15, 0.2) is 0 Å². The summed E-state index contributed by atoms with van der Waals surface area (Å²) in [5, 5.41) is 12.1. The van der Waals surface area contributed by atoms with E-state index in [0.717, 1.165) is 18.8 Å². The number of rotatable bonds is 6. The van der Waals surface area contributed by atoms with E-state index in [1.54, 1.807) is 6.07 Å². The summed E-state index contributed by atoms with van der Waals surface area (Å²) < 4.78 is 18.9. The Morgan fingerprint density at radius 2 is 1.90 bits per heavy atom. The molecule has 2 aromatic carbocycles. The van der Waals surface area contributed by atoms with Gasteiger partial charge in [0.25, 0.3) is 0 Å². The minimum absolute atomic E-state index is 0.235. The molecule has 4 heteroatoms. The summed E-state index contributed by atoms with van der Waals surface area (Å²) in [6.07, 6.45) is 0. The van der Waals surface area contributed by atoms with Crippen LogP contribution in [0.1, 0.15) is 23.6 Å². The highest BCUT2D eigenvalue weighted by molar-refractivity contribution is 5.34. The van der Waals surface area contributed by atoms with Crippen LogP contribution < -0.4 is 10.1 Å². The first-order valence-electron chi connectivity index (χ1n) is 6.83. The molecule has 0 aliphatic rings. The lowest BCUT2D eigenvalue weighted by Crippen LogP contribution is -2.11. The van der Waals surface area contributed by atoms with Crippen molar-refractivity contribution >= 4 is 0 Å². The van der Waals surface area contributed by atoms with Gasteiger partial charge < -0.3 is 10.1 Å². The largest absolute Gasteiger partial charge is 0.489 e. The van der Waals surface area contributed by atoms with Crippen molar-refractivity contribution in [1.29, 1.82) is 5.26 Å². The summed E-state index contributed by atoms with van der Waals surface area (Å²) in [7, 11) is 0. The van der Waals surface area contributed by atoms with E-state index in [4.69, 9.17) is 10.00 Å². The van der Waals surface area contributed by atoms with Crippen LogP contribution in [-0.2, 0) is 13.2 Å². The molecule has 2 aromatic rings. The highest BCUT2D eigenvalue weighted by Crippen LogP contribution is 2.15. The predicted octanol–water partition coefficient (Wildman–Crippen LogP) is 3.39. The molecule has 0 saturated heterocycles. The molecule has 0 heterocycles. The van der Waals surface area contributed by atoms with Crippen molar-refractivity contribution < 1.29 is 9.13 Å². The van der Waals surface area contributed by atoms with Gasteiger partial charge in [-0.25, -0.2) is 4.39 Å². The van der Waals surface area contributed by atoms with E-state index in [0.29, 0.717) is 11.1 Å². The summed E-state index contributed by atoms with van der Waals surface area (Å²) in [6, 6.07) is 13.9. The van der Waals surface area contributed by atoms with Gasteiger partial charge in [-0.1, -0.05) is 19.1 Å². The monoisotopic (exact) mass is 284 g/mol. The zero-order valence-corrected chi connectivity index (χ0v) is 11.9. The van der Waals surface area contributed by atoms with Crippen LogP contribution in [0, 0.1) is 17.1 Å². The maximum atomic E-state index is 13.3. The molecule has 0 aliphatic carbocycles. The molecule has 0 fully saturated rings. The summed E-state index contributed by atoms with van der Waals surface area (Å²) >= 11 is 0. The predicted molar refractivity (Wildman–Crippen MR) is 79.3 cm³/mol. The Labute approximate surface area is 124 Å². The number of nitriles is 1. The second-order valence-electron chi connectivity index (χ2n) is 4.67. The van der Waals surface area contributed by atoms with Gasteiger partial charge in [-0.05, 0) is 48.0 Å². The molecule has 0 radical (unpaired) electrons. The zero-order valence-electron chi connectivity index (χ0n) is 11.9. The number of hydrogen-bond acceptors (Lipinski definition) is 3. The highest BCUT2D eigenvalue weighted by atomic mass is 19.1. The third kappa shape index (κ3) is 4.59. The van der Waals surface area contributed by atoms with Crippen molar-refractivity contribution in [3.05, 3.63) is 65.0 Å². The molecule has 0 amide bonds. The molecule has 3 nitrogen and oxygen atoms in total. The van der Waals surface area contributed by atoms with Gasteiger partial charge in [-0.3, -0.25) is 0 Å². The molecule has 1 N–H and O–H groups in total. The van der Waals surface area contributed by atoms with Crippen LogP contribution >= 0.6 is 0 Å². The quantitative estimate of drug-likeness (QED) is 0.884. The lowest BCUT2D eigenvalue weighted by atomic mass is 10.1. The lowest BCUT2D eigenvalue weighted by molar-refractivity contribution is 0.305. The Balaban J connectivity index is 1.97. The fourth-order valence-electron chi connectivity index (χ4n) is 1.94. The van der Waals surface area contributed by atoms with E-state index in [-0.39, 0.29) is 6.61 Å². The second-order valence-corrected chi connectivity index (χ2v) is 4.67. The first-order chi connectivity index (χ1) is 10.2. The Morgan fingerprint density at radius 1 is 1.14 bits per heavy atom. The Kier molecular flexibility index (Phi) is 5.30. The van der Waals surface area contributed by atoms with Gasteiger partial charge in [0.1, 0.15) is 18.2 Å². The molecule has 0 aliphatic heterocycles. The van der Waals surface area contributed by atoms with E-state index in [1.165, 1.54) is 17.7 Å². The van der Waals surface area contributed by atoms with Crippen molar-refractivity contribution in [3.63, 3.8) is 0 Å². The summed E-state index contributed by atoms with van der Waals surface area (Å²) in [5.74, 6) is 0.298. The molecule has 0 atom stereocenters. The SMILES string of the molecule is CCNCc1ccc(OCc2cc(F)cc(C#N)c2)cc1. The number of hydrogen-bond donors (Lipinski definition) is 1. The average Bonchev–Trinajstić information content (AvgIpc) is 2.51. The molecule has 0 saturated carbocycles. The third-order valence-electron chi connectivity index (χ3n) is 2.99.